The van der Waals surface area contributed by atoms with E-state index in [1.54, 1.807) is 18.2 Å². The number of hydrogen-bond donors (Lipinski definition) is 1. The first kappa shape index (κ1) is 26.9. The molecule has 1 N–H and O–H groups in total. The Morgan fingerprint density at radius 2 is 1.67 bits per heavy atom. The Bertz CT molecular complexity index is 1080. The number of amides is 2. The van der Waals surface area contributed by atoms with Crippen molar-refractivity contribution in [3.8, 4) is 0 Å². The highest BCUT2D eigenvalue weighted by Crippen LogP contribution is 2.27. The van der Waals surface area contributed by atoms with Crippen LogP contribution in [0.1, 0.15) is 25.8 Å². The second kappa shape index (κ2) is 11.7. The molecule has 0 aliphatic carbocycles. The van der Waals surface area contributed by atoms with Gasteiger partial charge in [0.1, 0.15) is 18.4 Å². The number of rotatable bonds is 10. The summed E-state index contributed by atoms with van der Waals surface area (Å²) in [5, 5.41) is 3.34. The third-order valence-electron chi connectivity index (χ3n) is 4.90. The summed E-state index contributed by atoms with van der Waals surface area (Å²) < 4.78 is 39.0. The van der Waals surface area contributed by atoms with Crippen molar-refractivity contribution in [1.29, 1.82) is 0 Å². The third kappa shape index (κ3) is 7.31. The van der Waals surface area contributed by atoms with E-state index in [1.807, 2.05) is 6.92 Å². The van der Waals surface area contributed by atoms with Crippen LogP contribution in [-0.4, -0.2) is 50.5 Å². The molecule has 0 saturated carbocycles. The lowest BCUT2D eigenvalue weighted by Crippen LogP contribution is -2.51. The predicted octanol–water partition coefficient (Wildman–Crippen LogP) is 3.84. The number of benzene rings is 2. The van der Waals surface area contributed by atoms with Gasteiger partial charge < -0.3 is 10.2 Å². The summed E-state index contributed by atoms with van der Waals surface area (Å²) in [4.78, 5) is 27.2. The molecule has 0 aromatic heterocycles. The number of carbonyl (C=O) groups is 2. The van der Waals surface area contributed by atoms with Gasteiger partial charge in [-0.05, 0) is 49.7 Å². The zero-order chi connectivity index (χ0) is 24.8. The molecule has 0 fully saturated rings. The van der Waals surface area contributed by atoms with Crippen molar-refractivity contribution in [3.63, 3.8) is 0 Å². The van der Waals surface area contributed by atoms with Gasteiger partial charge >= 0.3 is 0 Å². The number of nitrogens with one attached hydrogen (secondary N) is 1. The molecule has 2 aromatic rings. The van der Waals surface area contributed by atoms with E-state index in [4.69, 9.17) is 23.2 Å². The Labute approximate surface area is 203 Å². The first-order valence-electron chi connectivity index (χ1n) is 10.2. The van der Waals surface area contributed by atoms with Gasteiger partial charge in [-0.15, -0.1) is 0 Å². The van der Waals surface area contributed by atoms with E-state index in [-0.39, 0.29) is 12.2 Å². The summed E-state index contributed by atoms with van der Waals surface area (Å²) in [5.74, 6) is -1.60. The topological polar surface area (TPSA) is 86.8 Å². The normalized spacial score (nSPS) is 12.2. The lowest BCUT2D eigenvalue weighted by atomic mass is 10.1. The maximum Gasteiger partial charge on any atom is 0.244 e. The maximum absolute atomic E-state index is 13.4. The fourth-order valence-corrected chi connectivity index (χ4v) is 4.42. The number of anilines is 1. The molecule has 0 radical (unpaired) electrons. The Morgan fingerprint density at radius 3 is 2.18 bits per heavy atom. The SMILES string of the molecule is CCCNC(=O)[C@H](C)N(Cc1c(Cl)cccc1Cl)C(=O)CN(c1ccc(F)cc1)S(C)(=O)=O. The Morgan fingerprint density at radius 1 is 1.09 bits per heavy atom. The van der Waals surface area contributed by atoms with Gasteiger partial charge in [-0.25, -0.2) is 12.8 Å². The molecule has 0 unspecified atom stereocenters. The molecule has 33 heavy (non-hydrogen) atoms. The summed E-state index contributed by atoms with van der Waals surface area (Å²) in [6.07, 6.45) is 1.64. The highest BCUT2D eigenvalue weighted by molar-refractivity contribution is 7.92. The maximum atomic E-state index is 13.4. The number of halogens is 3. The summed E-state index contributed by atoms with van der Waals surface area (Å²) in [6.45, 7) is 3.14. The van der Waals surface area contributed by atoms with Gasteiger partial charge in [0.2, 0.25) is 21.8 Å². The van der Waals surface area contributed by atoms with Gasteiger partial charge in [-0.1, -0.05) is 36.2 Å². The van der Waals surface area contributed by atoms with Gasteiger partial charge in [-0.2, -0.15) is 0 Å². The largest absolute Gasteiger partial charge is 0.354 e. The molecule has 0 bridgehead atoms. The molecule has 2 amide bonds. The van der Waals surface area contributed by atoms with Gasteiger partial charge in [-0.3, -0.25) is 13.9 Å². The smallest absolute Gasteiger partial charge is 0.244 e. The van der Waals surface area contributed by atoms with Crippen LogP contribution < -0.4 is 9.62 Å². The number of sulfonamides is 1. The van der Waals surface area contributed by atoms with E-state index >= 15 is 0 Å². The van der Waals surface area contributed by atoms with Crippen LogP contribution in [0.15, 0.2) is 42.5 Å². The van der Waals surface area contributed by atoms with E-state index in [0.29, 0.717) is 28.6 Å². The number of hydrogen-bond acceptors (Lipinski definition) is 4. The number of carbonyl (C=O) groups excluding carboxylic acids is 2. The van der Waals surface area contributed by atoms with E-state index in [2.05, 4.69) is 5.32 Å². The first-order chi connectivity index (χ1) is 15.5. The lowest BCUT2D eigenvalue weighted by molar-refractivity contribution is -0.139. The minimum atomic E-state index is -3.90. The molecule has 11 heteroatoms. The molecule has 2 aromatic carbocycles. The van der Waals surface area contributed by atoms with Crippen LogP contribution in [0, 0.1) is 5.82 Å². The van der Waals surface area contributed by atoms with Crippen LogP contribution in [-0.2, 0) is 26.2 Å². The molecule has 7 nitrogen and oxygen atoms in total. The predicted molar refractivity (Wildman–Crippen MR) is 128 cm³/mol. The molecule has 0 spiro atoms. The molecular formula is C22H26Cl2FN3O4S. The van der Waals surface area contributed by atoms with Gasteiger partial charge in [0, 0.05) is 28.7 Å². The fraction of sp³-hybridized carbons (Fsp3) is 0.364. The lowest BCUT2D eigenvalue weighted by Gasteiger charge is -2.32. The van der Waals surface area contributed by atoms with Crippen LogP contribution in [0.25, 0.3) is 0 Å². The average molecular weight is 518 g/mol. The minimum Gasteiger partial charge on any atom is -0.354 e. The van der Waals surface area contributed by atoms with Crippen molar-refractivity contribution in [2.24, 2.45) is 0 Å². The van der Waals surface area contributed by atoms with Crippen LogP contribution in [0.5, 0.6) is 0 Å². The third-order valence-corrected chi connectivity index (χ3v) is 6.75. The highest BCUT2D eigenvalue weighted by Gasteiger charge is 2.30. The van der Waals surface area contributed by atoms with E-state index in [9.17, 15) is 22.4 Å². The number of nitrogens with zero attached hydrogens (tertiary/aromatic N) is 2. The van der Waals surface area contributed by atoms with Gasteiger partial charge in [0.05, 0.1) is 11.9 Å². The van der Waals surface area contributed by atoms with Crippen molar-refractivity contribution in [1.82, 2.24) is 10.2 Å². The van der Waals surface area contributed by atoms with Gasteiger partial charge in [0.15, 0.2) is 0 Å². The second-order valence-corrected chi connectivity index (χ2v) is 10.2. The average Bonchev–Trinajstić information content (AvgIpc) is 2.75. The standard InChI is InChI=1S/C22H26Cl2FN3O4S/c1-4-12-26-22(30)15(2)27(13-18-19(23)6-5-7-20(18)24)21(29)14-28(33(3,31)32)17-10-8-16(25)9-11-17/h5-11,15H,4,12-14H2,1-3H3,(H,26,30)/t15-/m0/s1. The zero-order valence-electron chi connectivity index (χ0n) is 18.5. The van der Waals surface area contributed by atoms with Crippen molar-refractivity contribution in [2.45, 2.75) is 32.9 Å². The minimum absolute atomic E-state index is 0.112. The quantitative estimate of drug-likeness (QED) is 0.518. The molecule has 0 heterocycles. The summed E-state index contributed by atoms with van der Waals surface area (Å²) in [6, 6.07) is 8.64. The Hall–Kier alpha value is -2.36. The highest BCUT2D eigenvalue weighted by atomic mass is 35.5. The van der Waals surface area contributed by atoms with E-state index < -0.39 is 40.2 Å². The fourth-order valence-electron chi connectivity index (χ4n) is 3.05. The van der Waals surface area contributed by atoms with Gasteiger partial charge in [0.25, 0.3) is 0 Å². The van der Waals surface area contributed by atoms with Crippen LogP contribution in [0.4, 0.5) is 10.1 Å². The summed E-state index contributed by atoms with van der Waals surface area (Å²) in [7, 11) is -3.90. The van der Waals surface area contributed by atoms with Crippen molar-refractivity contribution >= 4 is 50.7 Å². The van der Waals surface area contributed by atoms with E-state index in [1.165, 1.54) is 24.0 Å². The van der Waals surface area contributed by atoms with Crippen molar-refractivity contribution in [3.05, 3.63) is 63.9 Å². The van der Waals surface area contributed by atoms with Crippen LogP contribution in [0.2, 0.25) is 10.0 Å². The monoisotopic (exact) mass is 517 g/mol. The van der Waals surface area contributed by atoms with Crippen molar-refractivity contribution < 1.29 is 22.4 Å². The molecule has 0 saturated heterocycles. The summed E-state index contributed by atoms with van der Waals surface area (Å²) >= 11 is 12.5. The zero-order valence-corrected chi connectivity index (χ0v) is 20.8. The van der Waals surface area contributed by atoms with Crippen LogP contribution in [0.3, 0.4) is 0 Å². The second-order valence-electron chi connectivity index (χ2n) is 7.43. The molecule has 180 valence electrons. The van der Waals surface area contributed by atoms with E-state index in [0.717, 1.165) is 22.7 Å². The molecule has 1 atom stereocenters. The molecule has 0 aliphatic heterocycles. The summed E-state index contributed by atoms with van der Waals surface area (Å²) in [5.41, 5.74) is 0.545. The molecular weight excluding hydrogens is 492 g/mol. The Balaban J connectivity index is 2.42. The molecule has 0 aliphatic rings. The van der Waals surface area contributed by atoms with Crippen molar-refractivity contribution in [2.75, 3.05) is 23.7 Å². The Kier molecular flexibility index (Phi) is 9.51. The van der Waals surface area contributed by atoms with Crippen LogP contribution >= 0.6 is 23.2 Å². The molecule has 2 rings (SSSR count). The first-order valence-corrected chi connectivity index (χ1v) is 12.8.